The van der Waals surface area contributed by atoms with E-state index in [0.29, 0.717) is 108 Å². The van der Waals surface area contributed by atoms with Crippen LogP contribution in [-0.2, 0) is 65.5 Å². The van der Waals surface area contributed by atoms with Gasteiger partial charge in [-0.25, -0.2) is 4.68 Å². The molecule has 1 aromatic heterocycles. The number of aliphatic hydroxyl groups excluding tert-OH is 1. The Morgan fingerprint density at radius 1 is 0.582 bits per heavy atom. The topological polar surface area (TPSA) is 318 Å². The number of aromatic nitrogens is 3. The van der Waals surface area contributed by atoms with Crippen LogP contribution in [0, 0.1) is 11.8 Å². The molecule has 1 unspecified atom stereocenters. The third-order valence-electron chi connectivity index (χ3n) is 18.1. The number of rotatable bonds is 34. The first-order valence-electron chi connectivity index (χ1n) is 32.4. The molecule has 11 atom stereocenters. The molecule has 4 aliphatic rings. The van der Waals surface area contributed by atoms with Crippen molar-refractivity contribution in [3.05, 3.63) is 120 Å². The van der Waals surface area contributed by atoms with Crippen LogP contribution in [0.15, 0.2) is 97.2 Å². The lowest BCUT2D eigenvalue weighted by Gasteiger charge is -2.33. The van der Waals surface area contributed by atoms with Crippen molar-refractivity contribution in [2.75, 3.05) is 73.4 Å². The minimum absolute atomic E-state index is 0.123. The van der Waals surface area contributed by atoms with Gasteiger partial charge in [0.1, 0.15) is 30.2 Å². The second-order valence-corrected chi connectivity index (χ2v) is 23.8. The molecule has 8 rings (SSSR count). The molecule has 91 heavy (non-hydrogen) atoms. The highest BCUT2D eigenvalue weighted by atomic mass is 16.5. The van der Waals surface area contributed by atoms with Gasteiger partial charge in [-0.15, -0.1) is 5.10 Å². The van der Waals surface area contributed by atoms with Gasteiger partial charge in [0.2, 0.25) is 47.3 Å². The molecule has 9 N–H and O–H groups in total. The Labute approximate surface area is 533 Å². The fourth-order valence-electron chi connectivity index (χ4n) is 13.0. The number of aliphatic hydroxyl groups is 1. The number of nitrogens with one attached hydrogen (secondary N) is 8. The fraction of sp³-hybridized carbons (Fsp3) is 0.576. The molecular formula is C66H93N13O12. The number of carbonyl (C=O) groups is 8. The number of likely N-dealkylation sites (N-methyl/N-ethyl adjacent to an activating group) is 2. The van der Waals surface area contributed by atoms with Gasteiger partial charge in [0, 0.05) is 62.7 Å². The Bertz CT molecular complexity index is 2950. The SMILES string of the molecule is CC[C@H](NC)C(=O)N[C@@H]1C(=O)N2C(C(=O)NC(c3ccccc3)c3ccccc3)CC[C@@H]2CC[C@@H]1CNC(=O)CCc1cn(CCOCCOCCOCCNC(=O)[C@@H](NC(=O)[C@@H]2CC[C@@H]3CC[C@H](CO)[C@H](NC(=O)[C@H](CC)NC)C(=O)N32)c2ccccc2)nn1. The summed E-state index contributed by atoms with van der Waals surface area (Å²) in [5, 5.41) is 42.6. The molecule has 4 aromatic rings. The molecule has 4 saturated heterocycles. The van der Waals surface area contributed by atoms with Gasteiger partial charge in [-0.3, -0.25) is 38.4 Å². The predicted molar refractivity (Wildman–Crippen MR) is 337 cm³/mol. The monoisotopic (exact) mass is 1260 g/mol. The molecule has 0 aliphatic carbocycles. The van der Waals surface area contributed by atoms with Gasteiger partial charge in [0.15, 0.2) is 0 Å². The van der Waals surface area contributed by atoms with Crippen molar-refractivity contribution in [1.82, 2.24) is 67.3 Å². The van der Waals surface area contributed by atoms with Crippen molar-refractivity contribution in [2.45, 2.75) is 158 Å². The molecule has 3 aromatic carbocycles. The second-order valence-electron chi connectivity index (χ2n) is 23.8. The lowest BCUT2D eigenvalue weighted by molar-refractivity contribution is -0.144. The third-order valence-corrected chi connectivity index (χ3v) is 18.1. The zero-order valence-corrected chi connectivity index (χ0v) is 52.9. The highest BCUT2D eigenvalue weighted by Crippen LogP contribution is 2.37. The molecule has 0 bridgehead atoms. The van der Waals surface area contributed by atoms with Crippen LogP contribution in [0.4, 0.5) is 0 Å². The summed E-state index contributed by atoms with van der Waals surface area (Å²) >= 11 is 0. The summed E-state index contributed by atoms with van der Waals surface area (Å²) in [4.78, 5) is 114. The second kappa shape index (κ2) is 35.2. The maximum absolute atomic E-state index is 14.8. The van der Waals surface area contributed by atoms with E-state index in [-0.39, 0.29) is 87.6 Å². The van der Waals surface area contributed by atoms with Crippen LogP contribution < -0.4 is 42.5 Å². The number of ether oxygens (including phenoxy) is 3. The van der Waals surface area contributed by atoms with Crippen molar-refractivity contribution in [2.24, 2.45) is 11.8 Å². The van der Waals surface area contributed by atoms with Crippen LogP contribution in [0.5, 0.6) is 0 Å². The van der Waals surface area contributed by atoms with Gasteiger partial charge in [-0.2, -0.15) is 0 Å². The van der Waals surface area contributed by atoms with Crippen LogP contribution in [0.1, 0.15) is 119 Å². The summed E-state index contributed by atoms with van der Waals surface area (Å²) in [5.41, 5.74) is 3.01. The normalized spacial score (nSPS) is 22.4. The molecule has 494 valence electrons. The predicted octanol–water partition coefficient (Wildman–Crippen LogP) is 1.75. The molecule has 25 heteroatoms. The van der Waals surface area contributed by atoms with E-state index in [1.54, 1.807) is 59.0 Å². The Morgan fingerprint density at radius 3 is 1.59 bits per heavy atom. The first-order chi connectivity index (χ1) is 44.3. The van der Waals surface area contributed by atoms with Crippen LogP contribution in [-0.4, -0.2) is 199 Å². The maximum atomic E-state index is 14.8. The molecule has 5 heterocycles. The van der Waals surface area contributed by atoms with Crippen molar-refractivity contribution >= 4 is 47.3 Å². The van der Waals surface area contributed by atoms with Crippen LogP contribution >= 0.6 is 0 Å². The standard InChI is InChI=1S/C66H93N13O12/c1-5-51(67-3)60(82)73-58-46(22-25-49-27-29-53(78(49)65(58)87)62(84)71-56(43-16-10-7-11-17-43)44-18-12-8-13-19-44)40-70-55(81)31-24-48-41-77(76-75-48)33-35-90-37-39-91-38-36-89-34-32-69-64(86)57(45-20-14-9-15-21-45)72-63(85)54-30-28-50-26-23-47(42-80)59(66(88)79(50)54)74-61(83)52(6-2)68-4/h7-21,41,46-47,49-54,56-59,67-68,80H,5-6,22-40,42H2,1-4H3,(H,69,86)(H,70,81)(H,71,84)(H,72,85)(H,73,82)(H,74,83)/t46-,47-,49+,50+,51+,52+,53?,54+,57+,58+,59+/m1/s1. The number of hydrogen-bond donors (Lipinski definition) is 9. The summed E-state index contributed by atoms with van der Waals surface area (Å²) in [7, 11) is 3.36. The van der Waals surface area contributed by atoms with Gasteiger partial charge in [-0.05, 0) is 95.0 Å². The first-order valence-corrected chi connectivity index (χ1v) is 32.4. The summed E-state index contributed by atoms with van der Waals surface area (Å²) < 4.78 is 18.8. The van der Waals surface area contributed by atoms with Gasteiger partial charge >= 0.3 is 0 Å². The van der Waals surface area contributed by atoms with Crippen molar-refractivity contribution in [3.8, 4) is 0 Å². The number of benzene rings is 3. The van der Waals surface area contributed by atoms with E-state index in [9.17, 15) is 43.5 Å². The quantitative estimate of drug-likeness (QED) is 0.0301. The molecule has 4 fully saturated rings. The number of aryl methyl sites for hydroxylation is 1. The number of hydrogen-bond acceptors (Lipinski definition) is 16. The minimum atomic E-state index is -1.06. The molecule has 8 amide bonds. The molecule has 25 nitrogen and oxygen atoms in total. The average molecular weight is 1260 g/mol. The number of nitrogens with zero attached hydrogens (tertiary/aromatic N) is 5. The van der Waals surface area contributed by atoms with E-state index >= 15 is 0 Å². The average Bonchev–Trinajstić information content (AvgIpc) is 1.70. The summed E-state index contributed by atoms with van der Waals surface area (Å²) in [6.07, 6.45) is 7.55. The van der Waals surface area contributed by atoms with E-state index in [4.69, 9.17) is 14.2 Å². The summed E-state index contributed by atoms with van der Waals surface area (Å²) in [6.45, 7) is 5.87. The zero-order valence-electron chi connectivity index (χ0n) is 52.9. The van der Waals surface area contributed by atoms with E-state index < -0.39 is 77.9 Å². The van der Waals surface area contributed by atoms with Gasteiger partial charge in [0.25, 0.3) is 0 Å². The fourth-order valence-corrected chi connectivity index (χ4v) is 13.0. The lowest BCUT2D eigenvalue weighted by atomic mass is 9.92. The van der Waals surface area contributed by atoms with Gasteiger partial charge in [0.05, 0.1) is 70.0 Å². The number of amides is 8. The summed E-state index contributed by atoms with van der Waals surface area (Å²) in [6, 6.07) is 21.7. The van der Waals surface area contributed by atoms with Crippen LogP contribution in [0.2, 0.25) is 0 Å². The zero-order chi connectivity index (χ0) is 64.7. The van der Waals surface area contributed by atoms with Gasteiger partial charge in [-0.1, -0.05) is 110 Å². The van der Waals surface area contributed by atoms with E-state index in [2.05, 4.69) is 52.8 Å². The first kappa shape index (κ1) is 69.2. The van der Waals surface area contributed by atoms with Crippen LogP contribution in [0.25, 0.3) is 0 Å². The molecule has 0 saturated carbocycles. The number of fused-ring (bicyclic) bond motifs is 2. The Kier molecular flexibility index (Phi) is 26.8. The largest absolute Gasteiger partial charge is 0.396 e. The Hall–Kier alpha value is -7.68. The van der Waals surface area contributed by atoms with E-state index in [0.717, 1.165) is 11.1 Å². The maximum Gasteiger partial charge on any atom is 0.247 e. The lowest BCUT2D eigenvalue weighted by Crippen LogP contribution is -2.59. The molecule has 0 spiro atoms. The smallest absolute Gasteiger partial charge is 0.247 e. The van der Waals surface area contributed by atoms with Gasteiger partial charge < -0.3 is 71.7 Å². The molecule has 4 aliphatic heterocycles. The van der Waals surface area contributed by atoms with Crippen molar-refractivity contribution < 1.29 is 57.7 Å². The third kappa shape index (κ3) is 18.7. The molecular weight excluding hydrogens is 1170 g/mol. The number of carbonyl (C=O) groups excluding carboxylic acids is 8. The highest BCUT2D eigenvalue weighted by molar-refractivity contribution is 5.97. The Morgan fingerprint density at radius 2 is 1.07 bits per heavy atom. The molecule has 0 radical (unpaired) electrons. The minimum Gasteiger partial charge on any atom is -0.396 e. The highest BCUT2D eigenvalue weighted by Gasteiger charge is 2.50. The van der Waals surface area contributed by atoms with E-state index in [1.165, 1.54) is 0 Å². The summed E-state index contributed by atoms with van der Waals surface area (Å²) in [5.74, 6) is -3.76. The van der Waals surface area contributed by atoms with Crippen molar-refractivity contribution in [1.29, 1.82) is 0 Å². The van der Waals surface area contributed by atoms with Crippen LogP contribution in [0.3, 0.4) is 0 Å². The Balaban J connectivity index is 0.717. The van der Waals surface area contributed by atoms with Crippen molar-refractivity contribution in [3.63, 3.8) is 0 Å². The van der Waals surface area contributed by atoms with E-state index in [1.807, 2.05) is 80.6 Å².